The summed E-state index contributed by atoms with van der Waals surface area (Å²) in [6, 6.07) is 15.9. The Labute approximate surface area is 337 Å². The fraction of sp³-hybridized carbons (Fsp3) is 0.340. The fourth-order valence-electron chi connectivity index (χ4n) is 9.03. The number of carbonyl (C=O) groups excluding carboxylic acids is 1. The van der Waals surface area contributed by atoms with E-state index >= 15 is 0 Å². The SMILES string of the molecule is Cc1ccc(-c2coc3c(C)c4c(cc3c2=O)CC2=C(CC(C)(C)CC2=O)O4)cc1C.Cc1ccc(-c2coc3c(C)c4c(cc3c2=O)C[C@@H]2CCO[C@@H]2O4)cc1C. The first-order valence-electron chi connectivity index (χ1n) is 20.2. The minimum Gasteiger partial charge on any atom is -0.464 e. The lowest BCUT2D eigenvalue weighted by Crippen LogP contribution is -2.30. The van der Waals surface area contributed by atoms with E-state index in [0.717, 1.165) is 93.2 Å². The lowest BCUT2D eigenvalue weighted by molar-refractivity contribution is -0.118. The molecule has 0 amide bonds. The van der Waals surface area contributed by atoms with Crippen LogP contribution in [-0.2, 0) is 22.4 Å². The van der Waals surface area contributed by atoms with E-state index in [4.69, 9.17) is 23.0 Å². The Balaban J connectivity index is 0.000000152. The summed E-state index contributed by atoms with van der Waals surface area (Å²) in [4.78, 5) is 39.4. The Morgan fingerprint density at radius 1 is 0.655 bits per heavy atom. The second-order valence-electron chi connectivity index (χ2n) is 17.5. The molecule has 0 saturated carbocycles. The predicted octanol–water partition coefficient (Wildman–Crippen LogP) is 10.6. The van der Waals surface area contributed by atoms with Crippen LogP contribution in [0, 0.1) is 52.9 Å². The molecule has 3 aliphatic heterocycles. The number of carbonyl (C=O) groups is 1. The summed E-state index contributed by atoms with van der Waals surface area (Å²) < 4.78 is 30.0. The maximum atomic E-state index is 13.4. The van der Waals surface area contributed by atoms with Crippen LogP contribution in [-0.4, -0.2) is 18.7 Å². The second kappa shape index (κ2) is 14.0. The predicted molar refractivity (Wildman–Crippen MR) is 226 cm³/mol. The zero-order chi connectivity index (χ0) is 40.8. The molecule has 1 fully saturated rings. The second-order valence-corrected chi connectivity index (χ2v) is 17.5. The first kappa shape index (κ1) is 37.8. The Hall–Kier alpha value is -5.73. The summed E-state index contributed by atoms with van der Waals surface area (Å²) in [7, 11) is 0. The van der Waals surface area contributed by atoms with Gasteiger partial charge in [-0.2, -0.15) is 0 Å². The normalized spacial score (nSPS) is 19.1. The summed E-state index contributed by atoms with van der Waals surface area (Å²) >= 11 is 0. The number of hydrogen-bond donors (Lipinski definition) is 0. The van der Waals surface area contributed by atoms with Gasteiger partial charge in [0.15, 0.2) is 5.78 Å². The summed E-state index contributed by atoms with van der Waals surface area (Å²) in [5.41, 5.74) is 12.9. The molecular weight excluding hydrogens is 729 g/mol. The van der Waals surface area contributed by atoms with Crippen molar-refractivity contribution in [1.29, 1.82) is 0 Å². The van der Waals surface area contributed by atoms with Crippen molar-refractivity contribution < 1.29 is 27.8 Å². The molecular formula is C50H48O8. The van der Waals surface area contributed by atoms with Crippen LogP contribution in [0.25, 0.3) is 44.2 Å². The monoisotopic (exact) mass is 776 g/mol. The average molecular weight is 777 g/mol. The summed E-state index contributed by atoms with van der Waals surface area (Å²) in [5, 5.41) is 1.16. The Morgan fingerprint density at radius 3 is 1.81 bits per heavy atom. The highest BCUT2D eigenvalue weighted by Gasteiger charge is 2.38. The summed E-state index contributed by atoms with van der Waals surface area (Å²) in [6.45, 7) is 17.0. The molecule has 0 radical (unpaired) electrons. The van der Waals surface area contributed by atoms with Crippen molar-refractivity contribution in [2.75, 3.05) is 6.61 Å². The molecule has 4 aliphatic rings. The third-order valence-corrected chi connectivity index (χ3v) is 12.7. The minimum atomic E-state index is -0.171. The topological polar surface area (TPSA) is 105 Å². The zero-order valence-corrected chi connectivity index (χ0v) is 34.4. The molecule has 2 atom stereocenters. The molecule has 2 aromatic heterocycles. The van der Waals surface area contributed by atoms with Crippen LogP contribution < -0.4 is 20.3 Å². The smallest absolute Gasteiger partial charge is 0.203 e. The van der Waals surface area contributed by atoms with Crippen molar-refractivity contribution in [3.63, 3.8) is 0 Å². The minimum absolute atomic E-state index is 0.00944. The van der Waals surface area contributed by atoms with Crippen LogP contribution in [0.5, 0.6) is 11.5 Å². The molecule has 8 nitrogen and oxygen atoms in total. The van der Waals surface area contributed by atoms with Gasteiger partial charge in [0.05, 0.1) is 28.5 Å². The van der Waals surface area contributed by atoms with Crippen molar-refractivity contribution in [3.8, 4) is 33.8 Å². The number of allylic oxidation sites excluding steroid dienone is 2. The molecule has 0 N–H and O–H groups in total. The molecule has 6 aromatic rings. The molecule has 5 heterocycles. The first-order chi connectivity index (χ1) is 27.7. The first-order valence-corrected chi connectivity index (χ1v) is 20.2. The van der Waals surface area contributed by atoms with E-state index in [2.05, 4.69) is 27.7 Å². The molecule has 1 aliphatic carbocycles. The van der Waals surface area contributed by atoms with Gasteiger partial charge >= 0.3 is 0 Å². The summed E-state index contributed by atoms with van der Waals surface area (Å²) in [5.74, 6) is 2.81. The van der Waals surface area contributed by atoms with Gasteiger partial charge in [-0.3, -0.25) is 14.4 Å². The third kappa shape index (κ3) is 6.38. The van der Waals surface area contributed by atoms with Gasteiger partial charge in [-0.1, -0.05) is 50.2 Å². The summed E-state index contributed by atoms with van der Waals surface area (Å²) in [6.07, 6.45) is 6.60. The van der Waals surface area contributed by atoms with E-state index in [9.17, 15) is 14.4 Å². The molecule has 1 saturated heterocycles. The standard InChI is InChI=1S/C27H26O4.C23H22O4/c1-14-6-7-17(8-15(14)2)21-13-30-26-16(3)25-18(10-20(26)24(21)29)9-19-22(28)11-27(4,5)12-23(19)31-25;1-12-4-5-15(8-13(12)2)19-11-26-22-14(3)21-17(10-18(22)20(19)24)9-16-6-7-25-23(16)27-21/h6-8,10,13H,9,11-12H2,1-5H3;4-5,8,10-11,16,23H,6-7,9H2,1-3H3/t;16-,23+/m.0/s1. The van der Waals surface area contributed by atoms with Crippen LogP contribution >= 0.6 is 0 Å². The number of aryl methyl sites for hydroxylation is 6. The molecule has 0 spiro atoms. The average Bonchev–Trinajstić information content (AvgIpc) is 3.65. The highest BCUT2D eigenvalue weighted by molar-refractivity contribution is 5.99. The van der Waals surface area contributed by atoms with E-state index in [-0.39, 0.29) is 28.3 Å². The van der Waals surface area contributed by atoms with E-state index in [1.807, 2.05) is 76.2 Å². The maximum Gasteiger partial charge on any atom is 0.203 e. The molecule has 8 heteroatoms. The van der Waals surface area contributed by atoms with Gasteiger partial charge in [-0.05, 0) is 111 Å². The van der Waals surface area contributed by atoms with Gasteiger partial charge in [-0.25, -0.2) is 0 Å². The van der Waals surface area contributed by atoms with Crippen LogP contribution in [0.3, 0.4) is 0 Å². The molecule has 4 aromatic carbocycles. The van der Waals surface area contributed by atoms with Crippen molar-refractivity contribution in [2.45, 2.75) is 93.8 Å². The van der Waals surface area contributed by atoms with Crippen molar-refractivity contribution in [3.05, 3.63) is 137 Å². The number of benzene rings is 4. The lowest BCUT2D eigenvalue weighted by Gasteiger charge is -2.35. The molecule has 58 heavy (non-hydrogen) atoms. The maximum absolute atomic E-state index is 13.4. The number of ether oxygens (including phenoxy) is 3. The van der Waals surface area contributed by atoms with Crippen LogP contribution in [0.2, 0.25) is 0 Å². The van der Waals surface area contributed by atoms with E-state index in [1.165, 1.54) is 11.1 Å². The van der Waals surface area contributed by atoms with Crippen molar-refractivity contribution >= 4 is 27.7 Å². The Kier molecular flexibility index (Phi) is 9.12. The van der Waals surface area contributed by atoms with Crippen LogP contribution in [0.1, 0.15) is 77.6 Å². The largest absolute Gasteiger partial charge is 0.464 e. The number of Topliss-reactive ketones (excluding diaryl/α,β-unsaturated/α-hetero) is 1. The van der Waals surface area contributed by atoms with Gasteiger partial charge in [0.25, 0.3) is 0 Å². The molecule has 10 rings (SSSR count). The Bertz CT molecular complexity index is 2890. The van der Waals surface area contributed by atoms with E-state index < -0.39 is 0 Å². The number of rotatable bonds is 2. The molecule has 0 bridgehead atoms. The van der Waals surface area contributed by atoms with Gasteiger partial charge in [0, 0.05) is 47.4 Å². The van der Waals surface area contributed by atoms with Crippen molar-refractivity contribution in [1.82, 2.24) is 0 Å². The highest BCUT2D eigenvalue weighted by atomic mass is 16.7. The Morgan fingerprint density at radius 2 is 1.22 bits per heavy atom. The van der Waals surface area contributed by atoms with Crippen LogP contribution in [0.15, 0.2) is 90.8 Å². The van der Waals surface area contributed by atoms with Gasteiger partial charge in [0.1, 0.15) is 41.0 Å². The van der Waals surface area contributed by atoms with Gasteiger partial charge in [-0.15, -0.1) is 0 Å². The van der Waals surface area contributed by atoms with Crippen molar-refractivity contribution in [2.24, 2.45) is 11.3 Å². The third-order valence-electron chi connectivity index (χ3n) is 12.7. The number of hydrogen-bond acceptors (Lipinski definition) is 8. The highest BCUT2D eigenvalue weighted by Crippen LogP contribution is 2.45. The van der Waals surface area contributed by atoms with E-state index in [1.54, 1.807) is 12.5 Å². The lowest BCUT2D eigenvalue weighted by atomic mass is 9.74. The van der Waals surface area contributed by atoms with Gasteiger partial charge in [0.2, 0.25) is 17.1 Å². The van der Waals surface area contributed by atoms with E-state index in [0.29, 0.717) is 51.8 Å². The van der Waals surface area contributed by atoms with Crippen LogP contribution in [0.4, 0.5) is 0 Å². The number of ketones is 1. The number of fused-ring (bicyclic) bond motifs is 5. The molecule has 0 unspecified atom stereocenters. The zero-order valence-electron chi connectivity index (χ0n) is 34.4. The fourth-order valence-corrected chi connectivity index (χ4v) is 9.03. The quantitative estimate of drug-likeness (QED) is 0.171. The van der Waals surface area contributed by atoms with Gasteiger partial charge < -0.3 is 23.0 Å². The molecule has 296 valence electrons.